The lowest BCUT2D eigenvalue weighted by atomic mass is 9.97. The molecule has 0 aliphatic carbocycles. The number of carbonyl (C=O) groups excluding carboxylic acids is 1. The molecule has 0 aromatic carbocycles. The van der Waals surface area contributed by atoms with Crippen LogP contribution < -0.4 is 10.6 Å². The largest absolute Gasteiger partial charge is 0.481 e. The predicted molar refractivity (Wildman–Crippen MR) is 71.3 cm³/mol. The first kappa shape index (κ1) is 16.9. The highest BCUT2D eigenvalue weighted by Gasteiger charge is 2.20. The maximum absolute atomic E-state index is 11.5. The van der Waals surface area contributed by atoms with Gasteiger partial charge in [0, 0.05) is 12.1 Å². The first-order valence-corrected chi connectivity index (χ1v) is 6.36. The number of hydrogen-bond donors (Lipinski definition) is 3. The molecule has 1 atom stereocenters. The SMILES string of the molecule is CC(C)CC(CNC(=O)CNC(C)(C)C)C(=O)O. The Labute approximate surface area is 109 Å². The van der Waals surface area contributed by atoms with Crippen molar-refractivity contribution in [3.05, 3.63) is 0 Å². The average molecular weight is 258 g/mol. The standard InChI is InChI=1S/C13H26N2O3/c1-9(2)6-10(12(17)18)7-14-11(16)8-15-13(3,4)5/h9-10,15H,6-8H2,1-5H3,(H,14,16)(H,17,18). The first-order chi connectivity index (χ1) is 8.11. The summed E-state index contributed by atoms with van der Waals surface area (Å²) in [5, 5.41) is 14.7. The van der Waals surface area contributed by atoms with Crippen LogP contribution in [0.25, 0.3) is 0 Å². The van der Waals surface area contributed by atoms with Crippen LogP contribution in [0.15, 0.2) is 0 Å². The molecular formula is C13H26N2O3. The second-order valence-electron chi connectivity index (χ2n) is 6.07. The molecule has 0 aliphatic rings. The van der Waals surface area contributed by atoms with Gasteiger partial charge in [-0.3, -0.25) is 9.59 Å². The van der Waals surface area contributed by atoms with E-state index in [4.69, 9.17) is 5.11 Å². The minimum Gasteiger partial charge on any atom is -0.481 e. The zero-order chi connectivity index (χ0) is 14.3. The van der Waals surface area contributed by atoms with Crippen molar-refractivity contribution in [2.45, 2.75) is 46.6 Å². The molecule has 0 saturated heterocycles. The second kappa shape index (κ2) is 7.36. The minimum absolute atomic E-state index is 0.124. The van der Waals surface area contributed by atoms with Crippen molar-refractivity contribution in [3.8, 4) is 0 Å². The fourth-order valence-corrected chi connectivity index (χ4v) is 1.49. The normalized spacial score (nSPS) is 13.4. The zero-order valence-electron chi connectivity index (χ0n) is 12.0. The van der Waals surface area contributed by atoms with E-state index < -0.39 is 11.9 Å². The molecule has 106 valence electrons. The highest BCUT2D eigenvalue weighted by molar-refractivity contribution is 5.79. The van der Waals surface area contributed by atoms with E-state index in [0.29, 0.717) is 12.3 Å². The van der Waals surface area contributed by atoms with Crippen LogP contribution in [0.5, 0.6) is 0 Å². The molecule has 0 saturated carbocycles. The number of hydrogen-bond acceptors (Lipinski definition) is 3. The molecule has 1 amide bonds. The number of carboxylic acid groups (broad SMARTS) is 1. The van der Waals surface area contributed by atoms with Gasteiger partial charge in [-0.2, -0.15) is 0 Å². The quantitative estimate of drug-likeness (QED) is 0.642. The van der Waals surface area contributed by atoms with E-state index in [9.17, 15) is 9.59 Å². The summed E-state index contributed by atoms with van der Waals surface area (Å²) in [7, 11) is 0. The van der Waals surface area contributed by atoms with E-state index >= 15 is 0 Å². The lowest BCUT2D eigenvalue weighted by Crippen LogP contribution is -2.44. The van der Waals surface area contributed by atoms with Gasteiger partial charge in [0.05, 0.1) is 12.5 Å². The topological polar surface area (TPSA) is 78.4 Å². The average Bonchev–Trinajstić information content (AvgIpc) is 2.19. The second-order valence-corrected chi connectivity index (χ2v) is 6.07. The van der Waals surface area contributed by atoms with E-state index in [1.165, 1.54) is 0 Å². The summed E-state index contributed by atoms with van der Waals surface area (Å²) in [4.78, 5) is 22.5. The van der Waals surface area contributed by atoms with Crippen LogP contribution in [0, 0.1) is 11.8 Å². The molecule has 0 aromatic heterocycles. The molecule has 0 radical (unpaired) electrons. The first-order valence-electron chi connectivity index (χ1n) is 6.36. The van der Waals surface area contributed by atoms with Crippen LogP contribution in [0.1, 0.15) is 41.0 Å². The summed E-state index contributed by atoms with van der Waals surface area (Å²) in [5.74, 6) is -1.23. The van der Waals surface area contributed by atoms with E-state index in [-0.39, 0.29) is 24.5 Å². The Hall–Kier alpha value is -1.10. The van der Waals surface area contributed by atoms with Crippen LogP contribution in [-0.2, 0) is 9.59 Å². The summed E-state index contributed by atoms with van der Waals surface area (Å²) in [6.45, 7) is 10.3. The van der Waals surface area contributed by atoms with E-state index in [1.807, 2.05) is 34.6 Å². The number of aliphatic carboxylic acids is 1. The summed E-state index contributed by atoms with van der Waals surface area (Å²) in [6.07, 6.45) is 0.572. The van der Waals surface area contributed by atoms with Gasteiger partial charge in [-0.15, -0.1) is 0 Å². The third-order valence-electron chi connectivity index (χ3n) is 2.43. The van der Waals surface area contributed by atoms with Crippen molar-refractivity contribution in [1.29, 1.82) is 0 Å². The monoisotopic (exact) mass is 258 g/mol. The minimum atomic E-state index is -0.854. The molecule has 0 spiro atoms. The van der Waals surface area contributed by atoms with Gasteiger partial charge in [0.15, 0.2) is 0 Å². The molecular weight excluding hydrogens is 232 g/mol. The summed E-state index contributed by atoms with van der Waals surface area (Å²) in [5.41, 5.74) is -0.124. The number of carbonyl (C=O) groups is 2. The van der Waals surface area contributed by atoms with Crippen molar-refractivity contribution in [2.75, 3.05) is 13.1 Å². The van der Waals surface area contributed by atoms with Gasteiger partial charge in [-0.05, 0) is 33.1 Å². The van der Waals surface area contributed by atoms with E-state index in [1.54, 1.807) is 0 Å². The Balaban J connectivity index is 4.04. The van der Waals surface area contributed by atoms with Gasteiger partial charge in [-0.25, -0.2) is 0 Å². The van der Waals surface area contributed by atoms with Crippen LogP contribution in [0.4, 0.5) is 0 Å². The van der Waals surface area contributed by atoms with Crippen molar-refractivity contribution in [1.82, 2.24) is 10.6 Å². The molecule has 0 heterocycles. The molecule has 0 bridgehead atoms. The lowest BCUT2D eigenvalue weighted by molar-refractivity contribution is -0.142. The third-order valence-corrected chi connectivity index (χ3v) is 2.43. The van der Waals surface area contributed by atoms with Gasteiger partial charge in [0.2, 0.25) is 5.91 Å². The van der Waals surface area contributed by atoms with Crippen molar-refractivity contribution in [2.24, 2.45) is 11.8 Å². The summed E-state index contributed by atoms with van der Waals surface area (Å²) >= 11 is 0. The Morgan fingerprint density at radius 1 is 1.22 bits per heavy atom. The Morgan fingerprint density at radius 2 is 1.78 bits per heavy atom. The molecule has 5 nitrogen and oxygen atoms in total. The smallest absolute Gasteiger partial charge is 0.308 e. The van der Waals surface area contributed by atoms with Crippen LogP contribution >= 0.6 is 0 Å². The van der Waals surface area contributed by atoms with Gasteiger partial charge in [0.1, 0.15) is 0 Å². The molecule has 1 unspecified atom stereocenters. The predicted octanol–water partition coefficient (Wildman–Crippen LogP) is 1.24. The molecule has 0 fully saturated rings. The lowest BCUT2D eigenvalue weighted by Gasteiger charge is -2.21. The molecule has 0 aromatic rings. The Morgan fingerprint density at radius 3 is 2.17 bits per heavy atom. The van der Waals surface area contributed by atoms with Crippen molar-refractivity contribution < 1.29 is 14.7 Å². The van der Waals surface area contributed by atoms with Crippen molar-refractivity contribution >= 4 is 11.9 Å². The number of rotatable bonds is 7. The van der Waals surface area contributed by atoms with E-state index in [0.717, 1.165) is 0 Å². The number of amides is 1. The van der Waals surface area contributed by atoms with Crippen LogP contribution in [-0.4, -0.2) is 35.6 Å². The van der Waals surface area contributed by atoms with Gasteiger partial charge < -0.3 is 15.7 Å². The maximum Gasteiger partial charge on any atom is 0.308 e. The number of carboxylic acids is 1. The molecule has 0 aliphatic heterocycles. The molecule has 18 heavy (non-hydrogen) atoms. The highest BCUT2D eigenvalue weighted by atomic mass is 16.4. The molecule has 5 heteroatoms. The van der Waals surface area contributed by atoms with E-state index in [2.05, 4.69) is 10.6 Å². The Bertz CT molecular complexity index is 282. The zero-order valence-corrected chi connectivity index (χ0v) is 12.0. The Kier molecular flexibility index (Phi) is 6.91. The third kappa shape index (κ3) is 8.98. The van der Waals surface area contributed by atoms with Gasteiger partial charge in [0.25, 0.3) is 0 Å². The highest BCUT2D eigenvalue weighted by Crippen LogP contribution is 2.10. The van der Waals surface area contributed by atoms with Crippen LogP contribution in [0.3, 0.4) is 0 Å². The van der Waals surface area contributed by atoms with Crippen molar-refractivity contribution in [3.63, 3.8) is 0 Å². The summed E-state index contributed by atoms with van der Waals surface area (Å²) in [6, 6.07) is 0. The van der Waals surface area contributed by atoms with Gasteiger partial charge in [-0.1, -0.05) is 13.8 Å². The maximum atomic E-state index is 11.5. The van der Waals surface area contributed by atoms with Crippen LogP contribution in [0.2, 0.25) is 0 Å². The number of nitrogens with one attached hydrogen (secondary N) is 2. The van der Waals surface area contributed by atoms with Gasteiger partial charge >= 0.3 is 5.97 Å². The molecule has 0 rings (SSSR count). The fourth-order valence-electron chi connectivity index (χ4n) is 1.49. The molecule has 3 N–H and O–H groups in total. The fraction of sp³-hybridized carbons (Fsp3) is 0.846. The summed E-state index contributed by atoms with van der Waals surface area (Å²) < 4.78 is 0.